The van der Waals surface area contributed by atoms with Crippen molar-refractivity contribution in [3.8, 4) is 0 Å². The number of benzene rings is 2. The molecule has 28 heavy (non-hydrogen) atoms. The molecule has 2 aromatic rings. The van der Waals surface area contributed by atoms with Gasteiger partial charge in [-0.15, -0.1) is 0 Å². The van der Waals surface area contributed by atoms with E-state index in [-0.39, 0.29) is 18.3 Å². The second-order valence-corrected chi connectivity index (χ2v) is 6.21. The Bertz CT molecular complexity index is 885. The van der Waals surface area contributed by atoms with Crippen molar-refractivity contribution in [3.05, 3.63) is 59.9 Å². The van der Waals surface area contributed by atoms with Crippen molar-refractivity contribution in [1.29, 1.82) is 0 Å². The quantitative estimate of drug-likeness (QED) is 0.775. The van der Waals surface area contributed by atoms with E-state index in [2.05, 4.69) is 10.6 Å². The van der Waals surface area contributed by atoms with Crippen LogP contribution in [0.5, 0.6) is 0 Å². The molecule has 2 N–H and O–H groups in total. The van der Waals surface area contributed by atoms with Gasteiger partial charge < -0.3 is 20.3 Å². The van der Waals surface area contributed by atoms with Crippen molar-refractivity contribution in [2.75, 3.05) is 23.4 Å². The van der Waals surface area contributed by atoms with Crippen LogP contribution >= 0.6 is 0 Å². The fourth-order valence-corrected chi connectivity index (χ4v) is 2.96. The van der Waals surface area contributed by atoms with Crippen LogP contribution in [-0.4, -0.2) is 37.1 Å². The van der Waals surface area contributed by atoms with Crippen molar-refractivity contribution in [3.63, 3.8) is 0 Å². The van der Waals surface area contributed by atoms with Gasteiger partial charge in [0.2, 0.25) is 5.91 Å². The lowest BCUT2D eigenvalue weighted by atomic mass is 10.2. The fraction of sp³-hybridized carbons (Fsp3) is 0.250. The molecule has 3 rings (SSSR count). The number of esters is 1. The summed E-state index contributed by atoms with van der Waals surface area (Å²) >= 11 is 0. The van der Waals surface area contributed by atoms with Crippen LogP contribution in [0.25, 0.3) is 0 Å². The standard InChI is InChI=1S/C20H20FN3O4/c1-2-28-19(26)13-4-3-5-15(12-13)22-20(27)23-17-10-11-24(18(17)25)16-8-6-14(21)7-9-16/h3-9,12,17H,2,10-11H2,1H3,(H2,22,23,27)/t17-/m1/s1. The number of rotatable bonds is 5. The van der Waals surface area contributed by atoms with E-state index in [9.17, 15) is 18.8 Å². The molecule has 1 heterocycles. The monoisotopic (exact) mass is 385 g/mol. The zero-order valence-electron chi connectivity index (χ0n) is 15.3. The normalized spacial score (nSPS) is 16.0. The van der Waals surface area contributed by atoms with E-state index in [4.69, 9.17) is 4.74 Å². The molecule has 3 amide bonds. The van der Waals surface area contributed by atoms with Crippen LogP contribution in [-0.2, 0) is 9.53 Å². The maximum atomic E-state index is 13.1. The SMILES string of the molecule is CCOC(=O)c1cccc(NC(=O)N[C@@H]2CCN(c3ccc(F)cc3)C2=O)c1. The Balaban J connectivity index is 1.59. The van der Waals surface area contributed by atoms with Crippen molar-refractivity contribution < 1.29 is 23.5 Å². The Morgan fingerprint density at radius 2 is 1.96 bits per heavy atom. The molecule has 1 atom stereocenters. The van der Waals surface area contributed by atoms with Gasteiger partial charge in [0, 0.05) is 17.9 Å². The number of carbonyl (C=O) groups excluding carboxylic acids is 3. The molecule has 1 saturated heterocycles. The fourth-order valence-electron chi connectivity index (χ4n) is 2.96. The summed E-state index contributed by atoms with van der Waals surface area (Å²) in [6, 6.07) is 10.7. The maximum Gasteiger partial charge on any atom is 0.338 e. The van der Waals surface area contributed by atoms with Gasteiger partial charge >= 0.3 is 12.0 Å². The second kappa shape index (κ2) is 8.51. The Kier molecular flexibility index (Phi) is 5.88. The number of urea groups is 1. The van der Waals surface area contributed by atoms with Crippen LogP contribution in [0.2, 0.25) is 0 Å². The van der Waals surface area contributed by atoms with Gasteiger partial charge in [-0.3, -0.25) is 4.79 Å². The molecule has 0 saturated carbocycles. The molecule has 2 aromatic carbocycles. The summed E-state index contributed by atoms with van der Waals surface area (Å²) in [5, 5.41) is 5.24. The molecular weight excluding hydrogens is 365 g/mol. The highest BCUT2D eigenvalue weighted by molar-refractivity contribution is 6.02. The summed E-state index contributed by atoms with van der Waals surface area (Å²) in [5.41, 5.74) is 1.31. The lowest BCUT2D eigenvalue weighted by molar-refractivity contribution is -0.118. The first kappa shape index (κ1) is 19.3. The predicted molar refractivity (Wildman–Crippen MR) is 102 cm³/mol. The zero-order valence-corrected chi connectivity index (χ0v) is 15.3. The minimum atomic E-state index is -0.682. The first-order valence-electron chi connectivity index (χ1n) is 8.89. The number of carbonyl (C=O) groups is 3. The van der Waals surface area contributed by atoms with Gasteiger partial charge in [-0.05, 0) is 55.8 Å². The van der Waals surface area contributed by atoms with Crippen LogP contribution < -0.4 is 15.5 Å². The third-order valence-electron chi connectivity index (χ3n) is 4.28. The Morgan fingerprint density at radius 1 is 1.21 bits per heavy atom. The van der Waals surface area contributed by atoms with Gasteiger partial charge in [-0.1, -0.05) is 6.07 Å². The number of halogens is 1. The van der Waals surface area contributed by atoms with Gasteiger partial charge in [-0.2, -0.15) is 0 Å². The van der Waals surface area contributed by atoms with Gasteiger partial charge in [0.1, 0.15) is 11.9 Å². The highest BCUT2D eigenvalue weighted by Gasteiger charge is 2.33. The summed E-state index contributed by atoms with van der Waals surface area (Å²) in [4.78, 5) is 38.1. The van der Waals surface area contributed by atoms with E-state index in [1.807, 2.05) is 0 Å². The van der Waals surface area contributed by atoms with E-state index in [1.165, 1.54) is 35.2 Å². The lowest BCUT2D eigenvalue weighted by Gasteiger charge is -2.17. The molecule has 1 aliphatic rings. The topological polar surface area (TPSA) is 87.7 Å². The average Bonchev–Trinajstić information content (AvgIpc) is 3.03. The number of amides is 3. The van der Waals surface area contributed by atoms with E-state index < -0.39 is 18.0 Å². The highest BCUT2D eigenvalue weighted by Crippen LogP contribution is 2.22. The Hall–Kier alpha value is -3.42. The van der Waals surface area contributed by atoms with Crippen LogP contribution in [0.15, 0.2) is 48.5 Å². The molecule has 146 valence electrons. The van der Waals surface area contributed by atoms with Crippen molar-refractivity contribution in [2.24, 2.45) is 0 Å². The van der Waals surface area contributed by atoms with Crippen LogP contribution in [0.1, 0.15) is 23.7 Å². The highest BCUT2D eigenvalue weighted by atomic mass is 19.1. The zero-order chi connectivity index (χ0) is 20.1. The summed E-state index contributed by atoms with van der Waals surface area (Å²) < 4.78 is 18.0. The summed E-state index contributed by atoms with van der Waals surface area (Å²) in [5.74, 6) is -1.12. The predicted octanol–water partition coefficient (Wildman–Crippen LogP) is 2.93. The molecule has 8 heteroatoms. The van der Waals surface area contributed by atoms with Crippen molar-refractivity contribution in [1.82, 2.24) is 5.32 Å². The average molecular weight is 385 g/mol. The van der Waals surface area contributed by atoms with Gasteiger partial charge in [-0.25, -0.2) is 14.0 Å². The molecule has 1 aliphatic heterocycles. The summed E-state index contributed by atoms with van der Waals surface area (Å²) in [6.45, 7) is 2.39. The maximum absolute atomic E-state index is 13.1. The first-order chi connectivity index (χ1) is 13.5. The largest absolute Gasteiger partial charge is 0.462 e. The third kappa shape index (κ3) is 4.46. The van der Waals surface area contributed by atoms with Crippen LogP contribution in [0.4, 0.5) is 20.6 Å². The summed E-state index contributed by atoms with van der Waals surface area (Å²) in [6.07, 6.45) is 0.437. The minimum absolute atomic E-state index is 0.255. The second-order valence-electron chi connectivity index (χ2n) is 6.21. The molecule has 7 nitrogen and oxygen atoms in total. The van der Waals surface area contributed by atoms with Gasteiger partial charge in [0.05, 0.1) is 12.2 Å². The van der Waals surface area contributed by atoms with Crippen molar-refractivity contribution >= 4 is 29.3 Å². The molecule has 0 aliphatic carbocycles. The molecule has 0 radical (unpaired) electrons. The molecule has 0 aromatic heterocycles. The smallest absolute Gasteiger partial charge is 0.338 e. The van der Waals surface area contributed by atoms with Gasteiger partial charge in [0.15, 0.2) is 0 Å². The van der Waals surface area contributed by atoms with E-state index >= 15 is 0 Å². The van der Waals surface area contributed by atoms with Crippen molar-refractivity contribution in [2.45, 2.75) is 19.4 Å². The molecule has 0 spiro atoms. The molecule has 0 unspecified atom stereocenters. The summed E-state index contributed by atoms with van der Waals surface area (Å²) in [7, 11) is 0. The first-order valence-corrected chi connectivity index (χ1v) is 8.89. The number of hydrogen-bond donors (Lipinski definition) is 2. The van der Waals surface area contributed by atoms with E-state index in [0.717, 1.165) is 0 Å². The Morgan fingerprint density at radius 3 is 2.68 bits per heavy atom. The minimum Gasteiger partial charge on any atom is -0.462 e. The van der Waals surface area contributed by atoms with Crippen LogP contribution in [0.3, 0.4) is 0 Å². The van der Waals surface area contributed by atoms with E-state index in [1.54, 1.807) is 25.1 Å². The Labute approximate surface area is 161 Å². The van der Waals surface area contributed by atoms with Gasteiger partial charge in [0.25, 0.3) is 0 Å². The number of ether oxygens (including phenoxy) is 1. The van der Waals surface area contributed by atoms with E-state index in [0.29, 0.717) is 29.9 Å². The molecule has 0 bridgehead atoms. The number of nitrogens with zero attached hydrogens (tertiary/aromatic N) is 1. The number of nitrogens with one attached hydrogen (secondary N) is 2. The molecule has 1 fully saturated rings. The molecular formula is C20H20FN3O4. The third-order valence-corrected chi connectivity index (χ3v) is 4.28. The van der Waals surface area contributed by atoms with Crippen LogP contribution in [0, 0.1) is 5.82 Å². The number of hydrogen-bond acceptors (Lipinski definition) is 4. The lowest BCUT2D eigenvalue weighted by Crippen LogP contribution is -2.43. The number of anilines is 2.